The lowest BCUT2D eigenvalue weighted by Crippen LogP contribution is -2.45. The summed E-state index contributed by atoms with van der Waals surface area (Å²) in [7, 11) is 1.62. The van der Waals surface area contributed by atoms with Crippen molar-refractivity contribution in [1.29, 1.82) is 0 Å². The van der Waals surface area contributed by atoms with Crippen LogP contribution in [0.25, 0.3) is 11.4 Å². The van der Waals surface area contributed by atoms with Crippen molar-refractivity contribution >= 4 is 23.7 Å². The second-order valence-electron chi connectivity index (χ2n) is 6.98. The third kappa shape index (κ3) is 5.29. The van der Waals surface area contributed by atoms with E-state index in [1.165, 1.54) is 11.8 Å². The van der Waals surface area contributed by atoms with E-state index in [1.807, 2.05) is 35.8 Å². The number of carbonyl (C=O) groups is 2. The Bertz CT molecular complexity index is 846. The third-order valence-corrected chi connectivity index (χ3v) is 6.04. The van der Waals surface area contributed by atoms with Gasteiger partial charge in [-0.05, 0) is 51.0 Å². The van der Waals surface area contributed by atoms with Crippen LogP contribution in [0.5, 0.6) is 5.75 Å². The molecule has 8 nitrogen and oxygen atoms in total. The number of aromatic nitrogens is 3. The van der Waals surface area contributed by atoms with Gasteiger partial charge < -0.3 is 14.6 Å². The summed E-state index contributed by atoms with van der Waals surface area (Å²) in [5.74, 6) is 1.15. The number of imide groups is 1. The number of urea groups is 1. The van der Waals surface area contributed by atoms with Crippen molar-refractivity contribution in [2.75, 3.05) is 7.11 Å². The SMILES string of the molecule is CCn1c(S[C@H](C)C(=O)NC(=O)NC2CCCC2)nnc1-c1ccc(OC)cc1. The number of methoxy groups -OCH3 is 1. The molecule has 2 aromatic rings. The number of hydrogen-bond acceptors (Lipinski definition) is 6. The van der Waals surface area contributed by atoms with Gasteiger partial charge in [-0.25, -0.2) is 4.79 Å². The highest BCUT2D eigenvalue weighted by atomic mass is 32.2. The maximum absolute atomic E-state index is 12.4. The third-order valence-electron chi connectivity index (χ3n) is 4.96. The van der Waals surface area contributed by atoms with E-state index < -0.39 is 11.3 Å². The number of benzene rings is 1. The summed E-state index contributed by atoms with van der Waals surface area (Å²) in [6, 6.07) is 7.33. The lowest BCUT2D eigenvalue weighted by Gasteiger charge is -2.15. The van der Waals surface area contributed by atoms with E-state index in [1.54, 1.807) is 14.0 Å². The predicted octanol–water partition coefficient (Wildman–Crippen LogP) is 3.22. The lowest BCUT2D eigenvalue weighted by atomic mass is 10.2. The molecule has 3 rings (SSSR count). The van der Waals surface area contributed by atoms with Gasteiger partial charge in [0, 0.05) is 18.2 Å². The number of ether oxygens (including phenoxy) is 1. The Morgan fingerprint density at radius 1 is 1.24 bits per heavy atom. The maximum Gasteiger partial charge on any atom is 0.321 e. The summed E-state index contributed by atoms with van der Waals surface area (Å²) >= 11 is 1.28. The summed E-state index contributed by atoms with van der Waals surface area (Å²) in [6.07, 6.45) is 4.18. The van der Waals surface area contributed by atoms with Crippen molar-refractivity contribution in [1.82, 2.24) is 25.4 Å². The van der Waals surface area contributed by atoms with E-state index in [4.69, 9.17) is 4.74 Å². The fourth-order valence-electron chi connectivity index (χ4n) is 3.33. The average molecular weight is 418 g/mol. The zero-order valence-corrected chi connectivity index (χ0v) is 17.8. The van der Waals surface area contributed by atoms with Gasteiger partial charge in [0.05, 0.1) is 12.4 Å². The van der Waals surface area contributed by atoms with E-state index >= 15 is 0 Å². The van der Waals surface area contributed by atoms with Crippen LogP contribution in [-0.2, 0) is 11.3 Å². The molecule has 2 N–H and O–H groups in total. The number of amides is 3. The standard InChI is InChI=1S/C20H27N5O3S/c1-4-25-17(14-9-11-16(28-3)12-10-14)23-24-20(25)29-13(2)18(26)22-19(27)21-15-7-5-6-8-15/h9-13,15H,4-8H2,1-3H3,(H2,21,22,26,27)/t13-/m1/s1. The molecule has 1 aliphatic rings. The van der Waals surface area contributed by atoms with Crippen molar-refractivity contribution in [3.05, 3.63) is 24.3 Å². The molecule has 29 heavy (non-hydrogen) atoms. The van der Waals surface area contributed by atoms with Gasteiger partial charge in [-0.1, -0.05) is 24.6 Å². The van der Waals surface area contributed by atoms with Crippen molar-refractivity contribution in [3.8, 4) is 17.1 Å². The Morgan fingerprint density at radius 2 is 1.93 bits per heavy atom. The molecule has 0 unspecified atom stereocenters. The monoisotopic (exact) mass is 417 g/mol. The molecule has 1 fully saturated rings. The van der Waals surface area contributed by atoms with Gasteiger partial charge >= 0.3 is 6.03 Å². The van der Waals surface area contributed by atoms with Crippen molar-refractivity contribution in [3.63, 3.8) is 0 Å². The first-order valence-corrected chi connectivity index (χ1v) is 10.8. The minimum absolute atomic E-state index is 0.168. The molecule has 1 aromatic carbocycles. The number of thioether (sulfide) groups is 1. The number of nitrogens with one attached hydrogen (secondary N) is 2. The van der Waals surface area contributed by atoms with Crippen LogP contribution < -0.4 is 15.4 Å². The number of rotatable bonds is 7. The largest absolute Gasteiger partial charge is 0.497 e. The molecular weight excluding hydrogens is 390 g/mol. The van der Waals surface area contributed by atoms with Crippen LogP contribution in [0.15, 0.2) is 29.4 Å². The molecule has 3 amide bonds. The molecule has 0 radical (unpaired) electrons. The zero-order chi connectivity index (χ0) is 20.8. The molecule has 1 atom stereocenters. The molecule has 1 aromatic heterocycles. The van der Waals surface area contributed by atoms with Crippen molar-refractivity contribution < 1.29 is 14.3 Å². The molecule has 0 bridgehead atoms. The Hall–Kier alpha value is -2.55. The molecule has 0 aliphatic heterocycles. The molecule has 1 heterocycles. The number of nitrogens with zero attached hydrogens (tertiary/aromatic N) is 3. The normalized spacial score (nSPS) is 15.1. The van der Waals surface area contributed by atoms with Crippen LogP contribution in [0.4, 0.5) is 4.79 Å². The number of hydrogen-bond donors (Lipinski definition) is 2. The van der Waals surface area contributed by atoms with Gasteiger partial charge in [-0.3, -0.25) is 10.1 Å². The molecule has 1 saturated carbocycles. The maximum atomic E-state index is 12.4. The topological polar surface area (TPSA) is 98.1 Å². The van der Waals surface area contributed by atoms with Gasteiger partial charge in [-0.2, -0.15) is 0 Å². The van der Waals surface area contributed by atoms with Crippen LogP contribution in [0.3, 0.4) is 0 Å². The highest BCUT2D eigenvalue weighted by Crippen LogP contribution is 2.28. The summed E-state index contributed by atoms with van der Waals surface area (Å²) in [6.45, 7) is 4.41. The van der Waals surface area contributed by atoms with Crippen LogP contribution in [0.1, 0.15) is 39.5 Å². The smallest absolute Gasteiger partial charge is 0.321 e. The highest BCUT2D eigenvalue weighted by Gasteiger charge is 2.23. The van der Waals surface area contributed by atoms with E-state index in [2.05, 4.69) is 20.8 Å². The van der Waals surface area contributed by atoms with E-state index in [9.17, 15) is 9.59 Å². The van der Waals surface area contributed by atoms with E-state index in [0.717, 1.165) is 42.8 Å². The Labute approximate surface area is 174 Å². The minimum Gasteiger partial charge on any atom is -0.497 e. The average Bonchev–Trinajstić information content (AvgIpc) is 3.37. The summed E-state index contributed by atoms with van der Waals surface area (Å²) < 4.78 is 7.15. The highest BCUT2D eigenvalue weighted by molar-refractivity contribution is 8.00. The molecule has 0 saturated heterocycles. The molecule has 0 spiro atoms. The second-order valence-corrected chi connectivity index (χ2v) is 8.29. The Balaban J connectivity index is 1.63. The fourth-order valence-corrected chi connectivity index (χ4v) is 4.24. The fraction of sp³-hybridized carbons (Fsp3) is 0.500. The van der Waals surface area contributed by atoms with Gasteiger partial charge in [-0.15, -0.1) is 10.2 Å². The zero-order valence-electron chi connectivity index (χ0n) is 17.0. The minimum atomic E-state index is -0.484. The molecule has 1 aliphatic carbocycles. The second kappa shape index (κ2) is 9.78. The van der Waals surface area contributed by atoms with Crippen molar-refractivity contribution in [2.24, 2.45) is 0 Å². The van der Waals surface area contributed by atoms with E-state index in [-0.39, 0.29) is 11.9 Å². The first-order valence-electron chi connectivity index (χ1n) is 9.87. The van der Waals surface area contributed by atoms with Gasteiger partial charge in [0.25, 0.3) is 0 Å². The molecule has 156 valence electrons. The van der Waals surface area contributed by atoms with Gasteiger partial charge in [0.15, 0.2) is 11.0 Å². The van der Waals surface area contributed by atoms with Crippen LogP contribution in [0.2, 0.25) is 0 Å². The summed E-state index contributed by atoms with van der Waals surface area (Å²) in [5, 5.41) is 14.0. The van der Waals surface area contributed by atoms with Crippen LogP contribution in [-0.4, -0.2) is 45.1 Å². The molecule has 9 heteroatoms. The van der Waals surface area contributed by atoms with Gasteiger partial charge in [0.2, 0.25) is 5.91 Å². The summed E-state index contributed by atoms with van der Waals surface area (Å²) in [5.41, 5.74) is 0.917. The van der Waals surface area contributed by atoms with Crippen molar-refractivity contribution in [2.45, 2.75) is 62.5 Å². The van der Waals surface area contributed by atoms with E-state index in [0.29, 0.717) is 11.7 Å². The lowest BCUT2D eigenvalue weighted by molar-refractivity contribution is -0.119. The Morgan fingerprint density at radius 3 is 2.55 bits per heavy atom. The van der Waals surface area contributed by atoms with Crippen LogP contribution in [0, 0.1) is 0 Å². The molecular formula is C20H27N5O3S. The summed E-state index contributed by atoms with van der Waals surface area (Å²) in [4.78, 5) is 24.4. The number of carbonyl (C=O) groups excluding carboxylic acids is 2. The van der Waals surface area contributed by atoms with Gasteiger partial charge in [0.1, 0.15) is 5.75 Å². The predicted molar refractivity (Wildman–Crippen MR) is 112 cm³/mol. The quantitative estimate of drug-likeness (QED) is 0.671. The van der Waals surface area contributed by atoms with Crippen LogP contribution >= 0.6 is 11.8 Å². The first kappa shape index (κ1) is 21.2. The first-order chi connectivity index (χ1) is 14.0. The Kier molecular flexibility index (Phi) is 7.13.